The molecule has 0 bridgehead atoms. The van der Waals surface area contributed by atoms with Crippen molar-refractivity contribution in [3.63, 3.8) is 0 Å². The third-order valence-corrected chi connectivity index (χ3v) is 3.59. The number of ether oxygens (including phenoxy) is 1. The Bertz CT molecular complexity index is 170. The predicted molar refractivity (Wildman–Crippen MR) is 52.6 cm³/mol. The molecule has 0 aromatic carbocycles. The van der Waals surface area contributed by atoms with E-state index in [1.165, 1.54) is 25.9 Å². The van der Waals surface area contributed by atoms with Crippen molar-refractivity contribution >= 4 is 0 Å². The number of hydrogen-bond acceptors (Lipinski definition) is 3. The van der Waals surface area contributed by atoms with Crippen molar-refractivity contribution in [1.82, 2.24) is 4.90 Å². The van der Waals surface area contributed by atoms with Gasteiger partial charge in [-0.3, -0.25) is 4.90 Å². The molecule has 3 nitrogen and oxygen atoms in total. The van der Waals surface area contributed by atoms with Crippen molar-refractivity contribution in [1.29, 1.82) is 0 Å². The Labute approximate surface area is 80.2 Å². The smallest absolute Gasteiger partial charge is 0.0472 e. The molecule has 0 amide bonds. The zero-order valence-corrected chi connectivity index (χ0v) is 8.46. The molecule has 3 heteroatoms. The van der Waals surface area contributed by atoms with Gasteiger partial charge in [-0.1, -0.05) is 0 Å². The molecule has 2 saturated heterocycles. The van der Waals surface area contributed by atoms with Gasteiger partial charge in [0.1, 0.15) is 0 Å². The minimum absolute atomic E-state index is 0.563. The third kappa shape index (κ3) is 1.73. The standard InChI is InChI=1S/C10H20N2O/c1-9(6-11)12-7-10(8-12)2-4-13-5-3-10/h9H,2-8,11H2,1H3. The van der Waals surface area contributed by atoms with Crippen molar-refractivity contribution in [2.24, 2.45) is 11.1 Å². The van der Waals surface area contributed by atoms with E-state index in [1.807, 2.05) is 0 Å². The number of rotatable bonds is 2. The van der Waals surface area contributed by atoms with Crippen LogP contribution in [-0.2, 0) is 4.74 Å². The first kappa shape index (κ1) is 9.44. The Kier molecular flexibility index (Phi) is 2.58. The first-order valence-electron chi connectivity index (χ1n) is 5.28. The molecular formula is C10H20N2O. The molecule has 0 saturated carbocycles. The van der Waals surface area contributed by atoms with Gasteiger partial charge in [-0.05, 0) is 19.8 Å². The van der Waals surface area contributed by atoms with Crippen LogP contribution in [0.15, 0.2) is 0 Å². The van der Waals surface area contributed by atoms with Crippen molar-refractivity contribution < 1.29 is 4.74 Å². The summed E-state index contributed by atoms with van der Waals surface area (Å²) in [6.45, 7) is 7.41. The van der Waals surface area contributed by atoms with E-state index in [9.17, 15) is 0 Å². The number of likely N-dealkylation sites (tertiary alicyclic amines) is 1. The molecule has 2 aliphatic heterocycles. The normalized spacial score (nSPS) is 30.0. The molecule has 76 valence electrons. The highest BCUT2D eigenvalue weighted by molar-refractivity contribution is 4.97. The van der Waals surface area contributed by atoms with Gasteiger partial charge in [0.2, 0.25) is 0 Å². The van der Waals surface area contributed by atoms with Gasteiger partial charge in [-0.2, -0.15) is 0 Å². The summed E-state index contributed by atoms with van der Waals surface area (Å²) in [5.41, 5.74) is 6.23. The second-order valence-corrected chi connectivity index (χ2v) is 4.60. The maximum Gasteiger partial charge on any atom is 0.0472 e. The molecule has 0 aliphatic carbocycles. The number of hydrogen-bond donors (Lipinski definition) is 1. The Morgan fingerprint density at radius 1 is 1.38 bits per heavy atom. The quantitative estimate of drug-likeness (QED) is 0.677. The highest BCUT2D eigenvalue weighted by atomic mass is 16.5. The molecule has 2 fully saturated rings. The molecule has 2 N–H and O–H groups in total. The Balaban J connectivity index is 1.81. The third-order valence-electron chi connectivity index (χ3n) is 3.59. The predicted octanol–water partition coefficient (Wildman–Crippen LogP) is 0.446. The molecular weight excluding hydrogens is 164 g/mol. The second-order valence-electron chi connectivity index (χ2n) is 4.60. The lowest BCUT2D eigenvalue weighted by atomic mass is 9.73. The summed E-state index contributed by atoms with van der Waals surface area (Å²) in [6, 6.07) is 0.563. The van der Waals surface area contributed by atoms with Gasteiger partial charge in [0.25, 0.3) is 0 Å². The monoisotopic (exact) mass is 184 g/mol. The van der Waals surface area contributed by atoms with Crippen LogP contribution in [0.25, 0.3) is 0 Å². The summed E-state index contributed by atoms with van der Waals surface area (Å²) in [5.74, 6) is 0. The average Bonchev–Trinajstić information content (AvgIpc) is 2.14. The first-order chi connectivity index (χ1) is 6.26. The minimum atomic E-state index is 0.563. The highest BCUT2D eigenvalue weighted by Gasteiger charge is 2.44. The van der Waals surface area contributed by atoms with Crippen LogP contribution in [0.4, 0.5) is 0 Å². The Hall–Kier alpha value is -0.120. The zero-order chi connectivity index (χ0) is 9.31. The molecule has 2 heterocycles. The second kappa shape index (κ2) is 3.56. The molecule has 0 radical (unpaired) electrons. The average molecular weight is 184 g/mol. The molecule has 1 atom stereocenters. The summed E-state index contributed by atoms with van der Waals surface area (Å²) >= 11 is 0. The Morgan fingerprint density at radius 3 is 2.54 bits per heavy atom. The largest absolute Gasteiger partial charge is 0.381 e. The maximum atomic E-state index is 5.63. The fourth-order valence-corrected chi connectivity index (χ4v) is 2.40. The van der Waals surface area contributed by atoms with E-state index in [4.69, 9.17) is 10.5 Å². The Morgan fingerprint density at radius 2 is 2.00 bits per heavy atom. The summed E-state index contributed by atoms with van der Waals surface area (Å²) in [5, 5.41) is 0. The van der Waals surface area contributed by atoms with Crippen molar-refractivity contribution in [2.75, 3.05) is 32.8 Å². The topological polar surface area (TPSA) is 38.5 Å². The summed E-state index contributed by atoms with van der Waals surface area (Å²) in [4.78, 5) is 2.49. The van der Waals surface area contributed by atoms with E-state index >= 15 is 0 Å². The van der Waals surface area contributed by atoms with Gasteiger partial charge in [-0.25, -0.2) is 0 Å². The van der Waals surface area contributed by atoms with E-state index in [0.717, 1.165) is 19.8 Å². The van der Waals surface area contributed by atoms with Crippen LogP contribution in [0.1, 0.15) is 19.8 Å². The van der Waals surface area contributed by atoms with E-state index in [0.29, 0.717) is 11.5 Å². The van der Waals surface area contributed by atoms with Crippen LogP contribution in [0.5, 0.6) is 0 Å². The summed E-state index contributed by atoms with van der Waals surface area (Å²) in [7, 11) is 0. The van der Waals surface area contributed by atoms with Crippen LogP contribution in [0.2, 0.25) is 0 Å². The van der Waals surface area contributed by atoms with Crippen molar-refractivity contribution in [2.45, 2.75) is 25.8 Å². The molecule has 0 aromatic heterocycles. The molecule has 1 unspecified atom stereocenters. The molecule has 13 heavy (non-hydrogen) atoms. The van der Waals surface area contributed by atoms with Crippen LogP contribution in [-0.4, -0.2) is 43.8 Å². The summed E-state index contributed by atoms with van der Waals surface area (Å²) < 4.78 is 5.38. The lowest BCUT2D eigenvalue weighted by Crippen LogP contribution is -2.62. The fourth-order valence-electron chi connectivity index (χ4n) is 2.40. The van der Waals surface area contributed by atoms with Gasteiger partial charge < -0.3 is 10.5 Å². The van der Waals surface area contributed by atoms with Crippen LogP contribution >= 0.6 is 0 Å². The first-order valence-corrected chi connectivity index (χ1v) is 5.28. The molecule has 1 spiro atoms. The van der Waals surface area contributed by atoms with Crippen molar-refractivity contribution in [3.05, 3.63) is 0 Å². The molecule has 2 rings (SSSR count). The van der Waals surface area contributed by atoms with Crippen LogP contribution in [0, 0.1) is 5.41 Å². The van der Waals surface area contributed by atoms with E-state index in [-0.39, 0.29) is 0 Å². The number of nitrogens with zero attached hydrogens (tertiary/aromatic N) is 1. The fraction of sp³-hybridized carbons (Fsp3) is 1.00. The van der Waals surface area contributed by atoms with E-state index in [1.54, 1.807) is 0 Å². The minimum Gasteiger partial charge on any atom is -0.381 e. The maximum absolute atomic E-state index is 5.63. The lowest BCUT2D eigenvalue weighted by Gasteiger charge is -2.54. The van der Waals surface area contributed by atoms with Gasteiger partial charge >= 0.3 is 0 Å². The van der Waals surface area contributed by atoms with Crippen LogP contribution < -0.4 is 5.73 Å². The van der Waals surface area contributed by atoms with Gasteiger partial charge in [-0.15, -0.1) is 0 Å². The summed E-state index contributed by atoms with van der Waals surface area (Å²) in [6.07, 6.45) is 2.50. The zero-order valence-electron chi connectivity index (χ0n) is 8.46. The van der Waals surface area contributed by atoms with Gasteiger partial charge in [0.05, 0.1) is 0 Å². The molecule has 2 aliphatic rings. The molecule has 0 aromatic rings. The highest BCUT2D eigenvalue weighted by Crippen LogP contribution is 2.40. The lowest BCUT2D eigenvalue weighted by molar-refractivity contribution is -0.0931. The van der Waals surface area contributed by atoms with Crippen molar-refractivity contribution in [3.8, 4) is 0 Å². The van der Waals surface area contributed by atoms with Gasteiger partial charge in [0.15, 0.2) is 0 Å². The van der Waals surface area contributed by atoms with E-state index < -0.39 is 0 Å². The number of nitrogens with two attached hydrogens (primary N) is 1. The SMILES string of the molecule is CC(CN)N1CC2(CCOCC2)C1. The van der Waals surface area contributed by atoms with E-state index in [2.05, 4.69) is 11.8 Å². The van der Waals surface area contributed by atoms with Gasteiger partial charge in [0, 0.05) is 44.3 Å². The van der Waals surface area contributed by atoms with Crippen LogP contribution in [0.3, 0.4) is 0 Å².